The average molecular weight is 293 g/mol. The Morgan fingerprint density at radius 2 is 2.00 bits per heavy atom. The lowest BCUT2D eigenvalue weighted by molar-refractivity contribution is -0.144. The maximum atomic E-state index is 11.9. The molecule has 1 heterocycles. The van der Waals surface area contributed by atoms with Crippen LogP contribution >= 0.6 is 23.2 Å². The van der Waals surface area contributed by atoms with E-state index in [0.717, 1.165) is 0 Å². The van der Waals surface area contributed by atoms with Gasteiger partial charge in [-0.3, -0.25) is 4.79 Å². The molecule has 5 nitrogen and oxygen atoms in total. The zero-order valence-electron chi connectivity index (χ0n) is 10.2. The van der Waals surface area contributed by atoms with E-state index in [-0.39, 0.29) is 21.8 Å². The van der Waals surface area contributed by atoms with Gasteiger partial charge in [0.15, 0.2) is 0 Å². The molecule has 1 unspecified atom stereocenters. The van der Waals surface area contributed by atoms with Gasteiger partial charge in [0.2, 0.25) is 0 Å². The molecule has 0 bridgehead atoms. The van der Waals surface area contributed by atoms with Crippen molar-refractivity contribution < 1.29 is 14.3 Å². The van der Waals surface area contributed by atoms with Crippen LogP contribution in [-0.2, 0) is 9.53 Å². The van der Waals surface area contributed by atoms with Crippen LogP contribution < -0.4 is 5.32 Å². The highest BCUT2D eigenvalue weighted by atomic mass is 35.5. The number of rotatable bonds is 4. The van der Waals surface area contributed by atoms with E-state index < -0.39 is 17.9 Å². The number of esters is 1. The van der Waals surface area contributed by atoms with Gasteiger partial charge < -0.3 is 15.0 Å². The van der Waals surface area contributed by atoms with Gasteiger partial charge in [-0.2, -0.15) is 0 Å². The van der Waals surface area contributed by atoms with E-state index in [0.29, 0.717) is 0 Å². The second-order valence-electron chi connectivity index (χ2n) is 4.06. The third-order valence-corrected chi connectivity index (χ3v) is 3.07. The monoisotopic (exact) mass is 292 g/mol. The number of nitrogens with one attached hydrogen (secondary N) is 2. The van der Waals surface area contributed by atoms with Crippen LogP contribution in [0.4, 0.5) is 0 Å². The summed E-state index contributed by atoms with van der Waals surface area (Å²) in [5, 5.41) is 2.99. The summed E-state index contributed by atoms with van der Waals surface area (Å²) >= 11 is 11.4. The number of aromatic amines is 1. The second kappa shape index (κ2) is 6.11. The summed E-state index contributed by atoms with van der Waals surface area (Å²) in [6.45, 7) is 3.60. The molecule has 2 N–H and O–H groups in total. The quantitative estimate of drug-likeness (QED) is 0.836. The molecule has 100 valence electrons. The van der Waals surface area contributed by atoms with Crippen molar-refractivity contribution in [3.63, 3.8) is 0 Å². The highest BCUT2D eigenvalue weighted by Gasteiger charge is 2.26. The summed E-state index contributed by atoms with van der Waals surface area (Å²) in [5.74, 6) is -1.06. The molecule has 7 heteroatoms. The van der Waals surface area contributed by atoms with Gasteiger partial charge in [0.1, 0.15) is 16.9 Å². The van der Waals surface area contributed by atoms with Crippen LogP contribution in [0, 0.1) is 5.92 Å². The van der Waals surface area contributed by atoms with Gasteiger partial charge in [0.05, 0.1) is 12.1 Å². The lowest BCUT2D eigenvalue weighted by Gasteiger charge is -2.19. The normalized spacial score (nSPS) is 12.3. The van der Waals surface area contributed by atoms with E-state index in [1.54, 1.807) is 13.8 Å². The molecule has 1 aromatic heterocycles. The lowest BCUT2D eigenvalue weighted by Crippen LogP contribution is -2.45. The molecule has 0 saturated heterocycles. The molecule has 0 aliphatic rings. The number of hydrogen-bond donors (Lipinski definition) is 2. The van der Waals surface area contributed by atoms with Crippen LogP contribution in [-0.4, -0.2) is 30.0 Å². The molecule has 1 amide bonds. The van der Waals surface area contributed by atoms with Crippen LogP contribution in [0.15, 0.2) is 6.07 Å². The number of ether oxygens (including phenoxy) is 1. The van der Waals surface area contributed by atoms with E-state index >= 15 is 0 Å². The minimum Gasteiger partial charge on any atom is -0.467 e. The third kappa shape index (κ3) is 3.40. The molecule has 0 spiro atoms. The first-order valence-electron chi connectivity index (χ1n) is 5.29. The van der Waals surface area contributed by atoms with Gasteiger partial charge in [-0.25, -0.2) is 4.79 Å². The highest BCUT2D eigenvalue weighted by molar-refractivity contribution is 6.41. The molecule has 1 rings (SSSR count). The van der Waals surface area contributed by atoms with Crippen LogP contribution in [0.3, 0.4) is 0 Å². The Morgan fingerprint density at radius 1 is 1.39 bits per heavy atom. The summed E-state index contributed by atoms with van der Waals surface area (Å²) in [4.78, 5) is 26.0. The summed E-state index contributed by atoms with van der Waals surface area (Å²) in [7, 11) is 1.27. The molecular formula is C11H14Cl2N2O3. The third-order valence-electron chi connectivity index (χ3n) is 2.38. The van der Waals surface area contributed by atoms with Crippen LogP contribution in [0.2, 0.25) is 10.2 Å². The van der Waals surface area contributed by atoms with E-state index in [2.05, 4.69) is 15.0 Å². The minimum absolute atomic E-state index is 0.0951. The predicted molar refractivity (Wildman–Crippen MR) is 68.9 cm³/mol. The number of halogens is 2. The predicted octanol–water partition coefficient (Wildman–Crippen LogP) is 2.25. The standard InChI is InChI=1S/C11H14Cl2N2O3/c1-5(2)8(11(17)18-3)15-10(16)7-4-6(12)9(13)14-7/h4-5,8,14H,1-3H3,(H,15,16). The van der Waals surface area contributed by atoms with Gasteiger partial charge in [0.25, 0.3) is 5.91 Å². The van der Waals surface area contributed by atoms with Gasteiger partial charge in [0, 0.05) is 0 Å². The number of H-pyrrole nitrogens is 1. The van der Waals surface area contributed by atoms with Crippen molar-refractivity contribution in [3.8, 4) is 0 Å². The fourth-order valence-corrected chi connectivity index (χ4v) is 1.68. The van der Waals surface area contributed by atoms with E-state index in [9.17, 15) is 9.59 Å². The van der Waals surface area contributed by atoms with Gasteiger partial charge in [-0.1, -0.05) is 37.0 Å². The Balaban J connectivity index is 2.81. The number of amides is 1. The first kappa shape index (κ1) is 14.9. The van der Waals surface area contributed by atoms with Crippen molar-refractivity contribution in [1.29, 1.82) is 0 Å². The molecule has 0 aliphatic carbocycles. The molecule has 1 aromatic rings. The zero-order valence-corrected chi connectivity index (χ0v) is 11.7. The van der Waals surface area contributed by atoms with Crippen molar-refractivity contribution in [1.82, 2.24) is 10.3 Å². The average Bonchev–Trinajstić information content (AvgIpc) is 2.65. The van der Waals surface area contributed by atoms with Crippen LogP contribution in [0.25, 0.3) is 0 Å². The van der Waals surface area contributed by atoms with E-state index in [4.69, 9.17) is 23.2 Å². The molecule has 1 atom stereocenters. The van der Waals surface area contributed by atoms with Crippen molar-refractivity contribution in [2.75, 3.05) is 7.11 Å². The maximum absolute atomic E-state index is 11.9. The molecule has 0 aromatic carbocycles. The van der Waals surface area contributed by atoms with E-state index in [1.807, 2.05) is 0 Å². The van der Waals surface area contributed by atoms with E-state index in [1.165, 1.54) is 13.2 Å². The second-order valence-corrected chi connectivity index (χ2v) is 4.85. The minimum atomic E-state index is -0.719. The SMILES string of the molecule is COC(=O)C(NC(=O)c1cc(Cl)c(Cl)[nH]1)C(C)C. The number of carbonyl (C=O) groups is 2. The summed E-state index contributed by atoms with van der Waals surface area (Å²) < 4.78 is 4.62. The Hall–Kier alpha value is -1.20. The number of aromatic nitrogens is 1. The van der Waals surface area contributed by atoms with Gasteiger partial charge >= 0.3 is 5.97 Å². The topological polar surface area (TPSA) is 71.2 Å². The summed E-state index contributed by atoms with van der Waals surface area (Å²) in [6, 6.07) is 0.678. The molecule has 0 fully saturated rings. The summed E-state index contributed by atoms with van der Waals surface area (Å²) in [5.41, 5.74) is 0.194. The smallest absolute Gasteiger partial charge is 0.328 e. The Bertz CT molecular complexity index is 438. The number of carbonyl (C=O) groups excluding carboxylic acids is 2. The first-order chi connectivity index (χ1) is 8.36. The highest BCUT2D eigenvalue weighted by Crippen LogP contribution is 2.21. The molecule has 18 heavy (non-hydrogen) atoms. The van der Waals surface area contributed by atoms with Crippen LogP contribution in [0.1, 0.15) is 24.3 Å². The zero-order chi connectivity index (χ0) is 13.9. The Morgan fingerprint density at radius 3 is 2.39 bits per heavy atom. The fourth-order valence-electron chi connectivity index (χ4n) is 1.37. The molecule has 0 saturated carbocycles. The molecule has 0 radical (unpaired) electrons. The first-order valence-corrected chi connectivity index (χ1v) is 6.05. The Kier molecular flexibility index (Phi) is 5.04. The Labute approximate surface area is 115 Å². The van der Waals surface area contributed by atoms with Gasteiger partial charge in [-0.05, 0) is 12.0 Å². The number of hydrogen-bond acceptors (Lipinski definition) is 3. The number of methoxy groups -OCH3 is 1. The van der Waals surface area contributed by atoms with Crippen molar-refractivity contribution in [2.45, 2.75) is 19.9 Å². The lowest BCUT2D eigenvalue weighted by atomic mass is 10.0. The van der Waals surface area contributed by atoms with Crippen molar-refractivity contribution in [3.05, 3.63) is 21.9 Å². The fraction of sp³-hybridized carbons (Fsp3) is 0.455. The van der Waals surface area contributed by atoms with Gasteiger partial charge in [-0.15, -0.1) is 0 Å². The molecule has 0 aliphatic heterocycles. The van der Waals surface area contributed by atoms with Crippen LogP contribution in [0.5, 0.6) is 0 Å². The van der Waals surface area contributed by atoms with Crippen molar-refractivity contribution >= 4 is 35.1 Å². The summed E-state index contributed by atoms with van der Waals surface area (Å²) in [6.07, 6.45) is 0. The molecular weight excluding hydrogens is 279 g/mol. The largest absolute Gasteiger partial charge is 0.467 e. The maximum Gasteiger partial charge on any atom is 0.328 e. The van der Waals surface area contributed by atoms with Crippen molar-refractivity contribution in [2.24, 2.45) is 5.92 Å².